The lowest BCUT2D eigenvalue weighted by molar-refractivity contribution is -0.118. The number of benzene rings is 1. The number of amides is 3. The van der Waals surface area contributed by atoms with Crippen molar-refractivity contribution in [1.82, 2.24) is 10.2 Å². The third-order valence-electron chi connectivity index (χ3n) is 3.05. The molecule has 0 aliphatic carbocycles. The van der Waals surface area contributed by atoms with Gasteiger partial charge in [-0.1, -0.05) is 30.3 Å². The van der Waals surface area contributed by atoms with Crippen molar-refractivity contribution in [2.24, 2.45) is 0 Å². The Bertz CT molecular complexity index is 417. The van der Waals surface area contributed by atoms with E-state index in [9.17, 15) is 9.59 Å². The van der Waals surface area contributed by atoms with E-state index in [1.807, 2.05) is 25.1 Å². The van der Waals surface area contributed by atoms with Gasteiger partial charge in [0, 0.05) is 6.04 Å². The molecule has 1 aromatic rings. The second kappa shape index (κ2) is 4.99. The standard InChI is InChI=1S/C13H16N2O2/c1-10(15-9-12(16)14-13(15)17)7-8-11-5-3-2-4-6-11/h2-6,10H,7-9H2,1H3,(H,14,16,17). The van der Waals surface area contributed by atoms with E-state index in [2.05, 4.69) is 17.4 Å². The maximum Gasteiger partial charge on any atom is 0.324 e. The summed E-state index contributed by atoms with van der Waals surface area (Å²) >= 11 is 0. The first-order valence-corrected chi connectivity index (χ1v) is 5.81. The molecule has 1 N–H and O–H groups in total. The van der Waals surface area contributed by atoms with Gasteiger partial charge in [0.2, 0.25) is 5.91 Å². The van der Waals surface area contributed by atoms with E-state index in [0.29, 0.717) is 0 Å². The first-order chi connectivity index (χ1) is 8.16. The van der Waals surface area contributed by atoms with E-state index in [4.69, 9.17) is 0 Å². The van der Waals surface area contributed by atoms with Crippen LogP contribution in [0.4, 0.5) is 4.79 Å². The molecule has 90 valence electrons. The lowest BCUT2D eigenvalue weighted by Gasteiger charge is -2.21. The van der Waals surface area contributed by atoms with Crippen molar-refractivity contribution < 1.29 is 9.59 Å². The number of nitrogens with zero attached hydrogens (tertiary/aromatic N) is 1. The first kappa shape index (κ1) is 11.6. The lowest BCUT2D eigenvalue weighted by atomic mass is 10.1. The number of hydrogen-bond acceptors (Lipinski definition) is 2. The summed E-state index contributed by atoms with van der Waals surface area (Å²) in [4.78, 5) is 24.1. The Morgan fingerprint density at radius 3 is 2.59 bits per heavy atom. The average molecular weight is 232 g/mol. The zero-order valence-corrected chi connectivity index (χ0v) is 9.85. The van der Waals surface area contributed by atoms with E-state index < -0.39 is 0 Å². The number of hydrogen-bond donors (Lipinski definition) is 1. The number of aryl methyl sites for hydroxylation is 1. The summed E-state index contributed by atoms with van der Waals surface area (Å²) in [6.45, 7) is 2.16. The van der Waals surface area contributed by atoms with Crippen LogP contribution in [0.2, 0.25) is 0 Å². The summed E-state index contributed by atoms with van der Waals surface area (Å²) in [5, 5.41) is 2.29. The van der Waals surface area contributed by atoms with Crippen molar-refractivity contribution in [3.8, 4) is 0 Å². The van der Waals surface area contributed by atoms with Gasteiger partial charge in [-0.15, -0.1) is 0 Å². The van der Waals surface area contributed by atoms with Crippen LogP contribution in [-0.2, 0) is 11.2 Å². The highest BCUT2D eigenvalue weighted by molar-refractivity contribution is 6.02. The van der Waals surface area contributed by atoms with Gasteiger partial charge < -0.3 is 4.90 Å². The number of carbonyl (C=O) groups excluding carboxylic acids is 2. The Labute approximate surface area is 101 Å². The van der Waals surface area contributed by atoms with Gasteiger partial charge in [0.15, 0.2) is 0 Å². The van der Waals surface area contributed by atoms with E-state index in [-0.39, 0.29) is 24.5 Å². The maximum absolute atomic E-state index is 11.4. The van der Waals surface area contributed by atoms with Crippen LogP contribution in [-0.4, -0.2) is 29.4 Å². The predicted octanol–water partition coefficient (Wildman–Crippen LogP) is 1.56. The summed E-state index contributed by atoms with van der Waals surface area (Å²) in [7, 11) is 0. The van der Waals surface area contributed by atoms with Crippen LogP contribution in [0.5, 0.6) is 0 Å². The second-order valence-electron chi connectivity index (χ2n) is 4.35. The molecule has 0 bridgehead atoms. The van der Waals surface area contributed by atoms with Crippen LogP contribution < -0.4 is 5.32 Å². The fourth-order valence-corrected chi connectivity index (χ4v) is 1.99. The monoisotopic (exact) mass is 232 g/mol. The molecule has 1 heterocycles. The molecule has 0 aromatic heterocycles. The zero-order chi connectivity index (χ0) is 12.3. The molecule has 1 saturated heterocycles. The summed E-state index contributed by atoms with van der Waals surface area (Å²) in [6.07, 6.45) is 1.78. The molecule has 1 unspecified atom stereocenters. The second-order valence-corrected chi connectivity index (χ2v) is 4.35. The fourth-order valence-electron chi connectivity index (χ4n) is 1.99. The smallest absolute Gasteiger partial charge is 0.312 e. The molecule has 1 aliphatic rings. The number of urea groups is 1. The fraction of sp³-hybridized carbons (Fsp3) is 0.385. The minimum atomic E-state index is -0.268. The molecule has 17 heavy (non-hydrogen) atoms. The lowest BCUT2D eigenvalue weighted by Crippen LogP contribution is -2.36. The van der Waals surface area contributed by atoms with Crippen LogP contribution in [0, 0.1) is 0 Å². The largest absolute Gasteiger partial charge is 0.324 e. The van der Waals surface area contributed by atoms with Gasteiger partial charge in [-0.05, 0) is 25.3 Å². The summed E-state index contributed by atoms with van der Waals surface area (Å²) in [5.74, 6) is -0.207. The molecule has 4 heteroatoms. The van der Waals surface area contributed by atoms with Gasteiger partial charge in [-0.3, -0.25) is 10.1 Å². The van der Waals surface area contributed by atoms with Gasteiger partial charge in [-0.2, -0.15) is 0 Å². The van der Waals surface area contributed by atoms with Crippen LogP contribution >= 0.6 is 0 Å². The van der Waals surface area contributed by atoms with Crippen molar-refractivity contribution in [2.45, 2.75) is 25.8 Å². The third-order valence-corrected chi connectivity index (χ3v) is 3.05. The number of carbonyl (C=O) groups is 2. The third kappa shape index (κ3) is 2.84. The molecule has 4 nitrogen and oxygen atoms in total. The van der Waals surface area contributed by atoms with Crippen LogP contribution in [0.25, 0.3) is 0 Å². The topological polar surface area (TPSA) is 49.4 Å². The molecule has 0 saturated carbocycles. The molecule has 2 rings (SSSR count). The molecule has 1 fully saturated rings. The molecular formula is C13H16N2O2. The Hall–Kier alpha value is -1.84. The SMILES string of the molecule is CC(CCc1ccccc1)N1CC(=O)NC1=O. The average Bonchev–Trinajstić information content (AvgIpc) is 2.67. The highest BCUT2D eigenvalue weighted by atomic mass is 16.2. The molecule has 3 amide bonds. The minimum absolute atomic E-state index is 0.0849. The van der Waals surface area contributed by atoms with Crippen LogP contribution in [0.3, 0.4) is 0 Å². The minimum Gasteiger partial charge on any atom is -0.312 e. The quantitative estimate of drug-likeness (QED) is 0.801. The number of nitrogens with one attached hydrogen (secondary N) is 1. The molecule has 1 aliphatic heterocycles. The number of imide groups is 1. The van der Waals surface area contributed by atoms with Crippen LogP contribution in [0.15, 0.2) is 30.3 Å². The molecule has 1 aromatic carbocycles. The van der Waals surface area contributed by atoms with Crippen molar-refractivity contribution in [3.63, 3.8) is 0 Å². The van der Waals surface area contributed by atoms with E-state index in [0.717, 1.165) is 12.8 Å². The maximum atomic E-state index is 11.4. The normalized spacial score (nSPS) is 17.1. The van der Waals surface area contributed by atoms with Crippen molar-refractivity contribution in [3.05, 3.63) is 35.9 Å². The summed E-state index contributed by atoms with van der Waals surface area (Å²) in [5.41, 5.74) is 1.25. The van der Waals surface area contributed by atoms with Crippen molar-refractivity contribution in [2.75, 3.05) is 6.54 Å². The number of rotatable bonds is 4. The van der Waals surface area contributed by atoms with Gasteiger partial charge in [0.25, 0.3) is 0 Å². The van der Waals surface area contributed by atoms with Crippen molar-refractivity contribution in [1.29, 1.82) is 0 Å². The van der Waals surface area contributed by atoms with Crippen LogP contribution in [0.1, 0.15) is 18.9 Å². The Kier molecular flexibility index (Phi) is 3.42. The molecule has 0 spiro atoms. The predicted molar refractivity (Wildman–Crippen MR) is 64.5 cm³/mol. The molecule has 1 atom stereocenters. The van der Waals surface area contributed by atoms with Gasteiger partial charge in [-0.25, -0.2) is 4.79 Å². The zero-order valence-electron chi connectivity index (χ0n) is 9.85. The molecular weight excluding hydrogens is 216 g/mol. The van der Waals surface area contributed by atoms with Gasteiger partial charge in [0.1, 0.15) is 6.54 Å². The Balaban J connectivity index is 1.87. The van der Waals surface area contributed by atoms with Gasteiger partial charge in [0.05, 0.1) is 0 Å². The molecule has 0 radical (unpaired) electrons. The van der Waals surface area contributed by atoms with E-state index in [1.54, 1.807) is 4.90 Å². The summed E-state index contributed by atoms with van der Waals surface area (Å²) in [6, 6.07) is 9.96. The van der Waals surface area contributed by atoms with Gasteiger partial charge >= 0.3 is 6.03 Å². The Morgan fingerprint density at radius 1 is 1.29 bits per heavy atom. The van der Waals surface area contributed by atoms with E-state index in [1.165, 1.54) is 5.56 Å². The summed E-state index contributed by atoms with van der Waals surface area (Å²) < 4.78 is 0. The Morgan fingerprint density at radius 2 is 2.00 bits per heavy atom. The van der Waals surface area contributed by atoms with E-state index >= 15 is 0 Å². The first-order valence-electron chi connectivity index (χ1n) is 5.81. The van der Waals surface area contributed by atoms with Crippen molar-refractivity contribution >= 4 is 11.9 Å². The highest BCUT2D eigenvalue weighted by Gasteiger charge is 2.30. The highest BCUT2D eigenvalue weighted by Crippen LogP contribution is 2.12.